The van der Waals surface area contributed by atoms with Crippen LogP contribution in [-0.4, -0.2) is 32.4 Å². The maximum atomic E-state index is 13.6. The summed E-state index contributed by atoms with van der Waals surface area (Å²) in [6.45, 7) is 4.40. The lowest BCUT2D eigenvalue weighted by atomic mass is 10.0. The predicted octanol–water partition coefficient (Wildman–Crippen LogP) is 4.99. The molecule has 1 fully saturated rings. The topological polar surface area (TPSA) is 40.6 Å². The summed E-state index contributed by atoms with van der Waals surface area (Å²) in [5, 5.41) is 0. The van der Waals surface area contributed by atoms with E-state index >= 15 is 0 Å². The van der Waals surface area contributed by atoms with Crippen molar-refractivity contribution >= 4 is 15.7 Å². The maximum Gasteiger partial charge on any atom is 0.264 e. The van der Waals surface area contributed by atoms with Gasteiger partial charge in [-0.05, 0) is 61.7 Å². The van der Waals surface area contributed by atoms with Crippen LogP contribution >= 0.6 is 0 Å². The van der Waals surface area contributed by atoms with Gasteiger partial charge < -0.3 is 0 Å². The van der Waals surface area contributed by atoms with Gasteiger partial charge in [0.05, 0.1) is 10.6 Å². The number of piperidine rings is 1. The van der Waals surface area contributed by atoms with E-state index in [1.807, 2.05) is 25.1 Å². The third kappa shape index (κ3) is 4.97. The fourth-order valence-corrected chi connectivity index (χ4v) is 5.82. The number of anilines is 1. The highest BCUT2D eigenvalue weighted by Gasteiger charge is 2.34. The number of likely N-dealkylation sites (tertiary alicyclic amines) is 1. The van der Waals surface area contributed by atoms with Crippen molar-refractivity contribution in [2.45, 2.75) is 37.2 Å². The number of halogens is 1. The first-order chi connectivity index (χ1) is 14.9. The molecule has 0 saturated carbocycles. The fourth-order valence-electron chi connectivity index (χ4n) is 4.11. The first kappa shape index (κ1) is 21.5. The van der Waals surface area contributed by atoms with Crippen molar-refractivity contribution in [3.05, 3.63) is 95.8 Å². The van der Waals surface area contributed by atoms with Gasteiger partial charge in [0.2, 0.25) is 0 Å². The second kappa shape index (κ2) is 9.20. The Morgan fingerprint density at radius 1 is 0.903 bits per heavy atom. The first-order valence-electron chi connectivity index (χ1n) is 10.6. The predicted molar refractivity (Wildman–Crippen MR) is 122 cm³/mol. The molecule has 0 spiro atoms. The van der Waals surface area contributed by atoms with Crippen molar-refractivity contribution in [3.8, 4) is 0 Å². The second-order valence-electron chi connectivity index (χ2n) is 8.08. The van der Waals surface area contributed by atoms with Crippen LogP contribution in [0.2, 0.25) is 0 Å². The molecule has 0 bridgehead atoms. The lowest BCUT2D eigenvalue weighted by molar-refractivity contribution is 0.206. The van der Waals surface area contributed by atoms with E-state index in [1.54, 1.807) is 36.4 Å². The highest BCUT2D eigenvalue weighted by Crippen LogP contribution is 2.31. The average molecular weight is 439 g/mol. The molecule has 0 amide bonds. The number of rotatable bonds is 6. The number of hydrogen-bond donors (Lipinski definition) is 0. The Morgan fingerprint density at radius 2 is 1.52 bits per heavy atom. The van der Waals surface area contributed by atoms with Crippen LogP contribution in [0.4, 0.5) is 10.1 Å². The Balaban J connectivity index is 1.58. The van der Waals surface area contributed by atoms with Gasteiger partial charge in [-0.15, -0.1) is 0 Å². The van der Waals surface area contributed by atoms with E-state index in [2.05, 4.69) is 17.0 Å². The molecule has 162 valence electrons. The minimum absolute atomic E-state index is 0.177. The molecule has 0 aromatic heterocycles. The van der Waals surface area contributed by atoms with Crippen LogP contribution in [0.1, 0.15) is 24.0 Å². The Morgan fingerprint density at radius 3 is 2.13 bits per heavy atom. The Hall–Kier alpha value is -2.70. The van der Waals surface area contributed by atoms with Gasteiger partial charge in [0.25, 0.3) is 10.0 Å². The molecule has 1 aliphatic rings. The molecular weight excluding hydrogens is 411 g/mol. The van der Waals surface area contributed by atoms with Gasteiger partial charge in [-0.1, -0.05) is 48.0 Å². The van der Waals surface area contributed by atoms with Crippen molar-refractivity contribution in [1.82, 2.24) is 4.90 Å². The van der Waals surface area contributed by atoms with Crippen LogP contribution in [0.25, 0.3) is 0 Å². The van der Waals surface area contributed by atoms with Gasteiger partial charge in [-0.25, -0.2) is 12.8 Å². The molecule has 4 rings (SSSR count). The van der Waals surface area contributed by atoms with E-state index < -0.39 is 10.0 Å². The maximum absolute atomic E-state index is 13.6. The van der Waals surface area contributed by atoms with E-state index in [1.165, 1.54) is 22.0 Å². The van der Waals surface area contributed by atoms with Crippen LogP contribution in [0.3, 0.4) is 0 Å². The van der Waals surface area contributed by atoms with Gasteiger partial charge in [-0.2, -0.15) is 0 Å². The highest BCUT2D eigenvalue weighted by atomic mass is 32.2. The fraction of sp³-hybridized carbons (Fsp3) is 0.280. The number of sulfonamides is 1. The van der Waals surface area contributed by atoms with Gasteiger partial charge in [-0.3, -0.25) is 9.21 Å². The normalized spacial score (nSPS) is 15.7. The molecule has 31 heavy (non-hydrogen) atoms. The molecule has 0 atom stereocenters. The van der Waals surface area contributed by atoms with Crippen LogP contribution in [0, 0.1) is 12.7 Å². The van der Waals surface area contributed by atoms with Crippen LogP contribution in [0.15, 0.2) is 83.8 Å². The highest BCUT2D eigenvalue weighted by molar-refractivity contribution is 7.92. The number of benzene rings is 3. The summed E-state index contributed by atoms with van der Waals surface area (Å²) < 4.78 is 42.3. The molecule has 1 aliphatic heterocycles. The van der Waals surface area contributed by atoms with Crippen LogP contribution in [-0.2, 0) is 16.6 Å². The lowest BCUT2D eigenvalue weighted by Gasteiger charge is -2.39. The zero-order valence-electron chi connectivity index (χ0n) is 17.6. The lowest BCUT2D eigenvalue weighted by Crippen LogP contribution is -2.47. The largest absolute Gasteiger partial charge is 0.299 e. The molecule has 3 aromatic carbocycles. The molecule has 4 nitrogen and oxygen atoms in total. The summed E-state index contributed by atoms with van der Waals surface area (Å²) >= 11 is 0. The Bertz CT molecular complexity index is 1090. The van der Waals surface area contributed by atoms with Gasteiger partial charge >= 0.3 is 0 Å². The van der Waals surface area contributed by atoms with Gasteiger partial charge in [0, 0.05) is 25.7 Å². The van der Waals surface area contributed by atoms with Crippen molar-refractivity contribution in [2.75, 3.05) is 17.4 Å². The van der Waals surface area contributed by atoms with Gasteiger partial charge in [0.1, 0.15) is 5.82 Å². The van der Waals surface area contributed by atoms with Crippen molar-refractivity contribution < 1.29 is 12.8 Å². The first-order valence-corrected chi connectivity index (χ1v) is 12.0. The molecule has 6 heteroatoms. The van der Waals surface area contributed by atoms with E-state index in [-0.39, 0.29) is 16.8 Å². The summed E-state index contributed by atoms with van der Waals surface area (Å²) in [5.74, 6) is -0.380. The molecule has 0 unspecified atom stereocenters. The zero-order chi connectivity index (χ0) is 21.8. The molecule has 1 saturated heterocycles. The standard InChI is InChI=1S/C25H27FN2O2S/c1-20-7-13-25(14-8-20)31(29,30)28(23-11-9-22(26)10-12-23)24-15-17-27(18-16-24)19-21-5-3-2-4-6-21/h2-14,24H,15-19H2,1H3. The summed E-state index contributed by atoms with van der Waals surface area (Å²) in [4.78, 5) is 2.61. The molecule has 0 aliphatic carbocycles. The minimum Gasteiger partial charge on any atom is -0.299 e. The van der Waals surface area contributed by atoms with E-state index in [4.69, 9.17) is 0 Å². The SMILES string of the molecule is Cc1ccc(S(=O)(=O)N(c2ccc(F)cc2)C2CCN(Cc3ccccc3)CC2)cc1. The monoisotopic (exact) mass is 438 g/mol. The second-order valence-corrected chi connectivity index (χ2v) is 9.90. The summed E-state index contributed by atoms with van der Waals surface area (Å²) in [5.41, 5.74) is 2.76. The van der Waals surface area contributed by atoms with E-state index in [0.29, 0.717) is 5.69 Å². The smallest absolute Gasteiger partial charge is 0.264 e. The molecule has 0 N–H and O–H groups in total. The molecule has 1 heterocycles. The Kier molecular flexibility index (Phi) is 6.39. The summed E-state index contributed by atoms with van der Waals surface area (Å²) in [6.07, 6.45) is 1.44. The minimum atomic E-state index is -3.77. The molecular formula is C25H27FN2O2S. The Labute approximate surface area is 184 Å². The quantitative estimate of drug-likeness (QED) is 0.544. The summed E-state index contributed by atoms with van der Waals surface area (Å²) in [7, 11) is -3.77. The number of aryl methyl sites for hydroxylation is 1. The molecule has 0 radical (unpaired) electrons. The third-order valence-corrected chi connectivity index (χ3v) is 7.69. The van der Waals surface area contributed by atoms with Gasteiger partial charge in [0.15, 0.2) is 0 Å². The third-order valence-electron chi connectivity index (χ3n) is 5.80. The zero-order valence-corrected chi connectivity index (χ0v) is 18.4. The summed E-state index contributed by atoms with van der Waals surface area (Å²) in [6, 6.07) is 22.8. The van der Waals surface area contributed by atoms with Crippen molar-refractivity contribution in [1.29, 1.82) is 0 Å². The van der Waals surface area contributed by atoms with Crippen molar-refractivity contribution in [2.24, 2.45) is 0 Å². The van der Waals surface area contributed by atoms with Crippen LogP contribution in [0.5, 0.6) is 0 Å². The van der Waals surface area contributed by atoms with Crippen LogP contribution < -0.4 is 4.31 Å². The molecule has 3 aromatic rings. The van der Waals surface area contributed by atoms with Crippen molar-refractivity contribution in [3.63, 3.8) is 0 Å². The number of nitrogens with zero attached hydrogens (tertiary/aromatic N) is 2. The van der Waals surface area contributed by atoms with E-state index in [0.717, 1.165) is 38.0 Å². The van der Waals surface area contributed by atoms with E-state index in [9.17, 15) is 12.8 Å². The number of hydrogen-bond acceptors (Lipinski definition) is 3. The average Bonchev–Trinajstić information content (AvgIpc) is 2.77.